The predicted octanol–water partition coefficient (Wildman–Crippen LogP) is -7.22. The first-order valence-electron chi connectivity index (χ1n) is 29.6. The minimum atomic E-state index is 0. The molecule has 0 amide bonds. The SMILES string of the molecule is CN(C)C(SCC1CCC2C3[N-]C(NC4NC(NC5[N-]C(NC6NC(N3)C3CC(CSC(N(C)C)=[N+](C)C)CCC63)C3CC(CSC(N(C)C)=[N+](C)C)CCC53)C3CC(CSC(N(C)C)=[N+](C)C)CCC43)C2C1)=[N+](C)C.[Cl-].[Cl-].[Cl-].[Cl-].[Cu+2]. The Morgan fingerprint density at radius 1 is 0.333 bits per heavy atom. The van der Waals surface area contributed by atoms with Gasteiger partial charge in [0.1, 0.15) is 0 Å². The van der Waals surface area contributed by atoms with Gasteiger partial charge in [0.2, 0.25) is 0 Å². The van der Waals surface area contributed by atoms with Crippen LogP contribution in [0.5, 0.6) is 0 Å². The molecular formula is C56H106Cl4CuN16S4. The molecule has 20 unspecified atom stereocenters. The van der Waals surface area contributed by atoms with E-state index in [9.17, 15) is 0 Å². The van der Waals surface area contributed by atoms with Gasteiger partial charge in [0.05, 0.1) is 137 Å². The molecule has 0 aromatic heterocycles. The fraction of sp³-hybridized carbons (Fsp3) is 0.929. The van der Waals surface area contributed by atoms with E-state index in [1.165, 1.54) is 121 Å². The third-order valence-electron chi connectivity index (χ3n) is 19.2. The van der Waals surface area contributed by atoms with E-state index in [1.807, 2.05) is 0 Å². The van der Waals surface area contributed by atoms with E-state index in [0.29, 0.717) is 71.0 Å². The summed E-state index contributed by atoms with van der Waals surface area (Å²) in [6, 6.07) is 0. The van der Waals surface area contributed by atoms with Crippen molar-refractivity contribution in [3.8, 4) is 0 Å². The molecule has 20 atom stereocenters. The van der Waals surface area contributed by atoms with Crippen molar-refractivity contribution in [2.24, 2.45) is 71.0 Å². The molecule has 5 heterocycles. The van der Waals surface area contributed by atoms with Crippen LogP contribution in [-0.4, -0.2) is 244 Å². The van der Waals surface area contributed by atoms with Gasteiger partial charge in [0.25, 0.3) is 0 Å². The maximum absolute atomic E-state index is 6.00. The van der Waals surface area contributed by atoms with E-state index < -0.39 is 0 Å². The van der Waals surface area contributed by atoms with Crippen molar-refractivity contribution >= 4 is 67.7 Å². The molecule has 6 N–H and O–H groups in total. The van der Waals surface area contributed by atoms with Gasteiger partial charge in [-0.3, -0.25) is 48.5 Å². The Balaban J connectivity index is 0.00000282. The van der Waals surface area contributed by atoms with Crippen LogP contribution in [0.2, 0.25) is 0 Å². The van der Waals surface area contributed by atoms with E-state index in [-0.39, 0.29) is 116 Å². The van der Waals surface area contributed by atoms with Crippen LogP contribution in [-0.2, 0) is 17.1 Å². The van der Waals surface area contributed by atoms with Gasteiger partial charge in [0.15, 0.2) is 0 Å². The topological polar surface area (TPSA) is 125 Å². The Kier molecular flexibility index (Phi) is 30.1. The average molecular weight is 1340 g/mol. The summed E-state index contributed by atoms with van der Waals surface area (Å²) in [4.78, 5) is 9.17. The van der Waals surface area contributed by atoms with Gasteiger partial charge in [0, 0.05) is 23.0 Å². The van der Waals surface area contributed by atoms with Crippen LogP contribution in [0.25, 0.3) is 10.6 Å². The fourth-order valence-electron chi connectivity index (χ4n) is 16.2. The molecule has 5 aliphatic heterocycles. The number of thioether (sulfide) groups is 4. The molecule has 9 rings (SSSR count). The smallest absolute Gasteiger partial charge is 1.00 e. The molecule has 9 fully saturated rings. The van der Waals surface area contributed by atoms with Crippen LogP contribution in [0.1, 0.15) is 77.0 Å². The standard InChI is InChI=1S/C56H106N16S4.4ClH.Cu/c1-65(2)53(66(3)4)73-29-33-17-21-37-41(25-33)49-57-45(37)62-50-43-27-35(31-75-55(69(9)10)70(11)12)19-23-39(43)47(59-50)64-52-44-28-36(32-76-56(71(13)14)72(15)16)20-24-40(44)48(60-52)63-51-42-26-34(18-22-38(42)46(58-51)61-49)30-74-54(67(5)6)68(7)8;;;;;/h33-52,57,60-64H,17-32H2,1-16H3;4*1H;/q+2;;;;;+2/p-4. The maximum Gasteiger partial charge on any atom is 2.00 e. The number of nitrogens with one attached hydrogen (secondary N) is 6. The second-order valence-corrected chi connectivity index (χ2v) is 30.5. The minimum Gasteiger partial charge on any atom is -1.00 e. The Hall–Kier alpha value is 0.639. The van der Waals surface area contributed by atoms with Crippen molar-refractivity contribution in [3.05, 3.63) is 10.6 Å². The summed E-state index contributed by atoms with van der Waals surface area (Å²) in [5, 5.41) is 43.9. The monoisotopic (exact) mass is 1330 g/mol. The summed E-state index contributed by atoms with van der Waals surface area (Å²) in [6.07, 6.45) is 16.5. The number of fused-ring (bicyclic) bond motifs is 20. The zero-order valence-electron chi connectivity index (χ0n) is 51.8. The molecule has 0 aromatic rings. The Morgan fingerprint density at radius 3 is 0.802 bits per heavy atom. The Labute approximate surface area is 543 Å². The first kappa shape index (κ1) is 74.1. The van der Waals surface area contributed by atoms with Gasteiger partial charge < -0.3 is 81.5 Å². The fourth-order valence-corrected chi connectivity index (χ4v) is 21.0. The van der Waals surface area contributed by atoms with E-state index in [0.717, 1.165) is 0 Å². The number of halogens is 4. The largest absolute Gasteiger partial charge is 2.00 e. The van der Waals surface area contributed by atoms with Crippen molar-refractivity contribution in [3.63, 3.8) is 0 Å². The molecule has 1 radical (unpaired) electrons. The molecule has 9 aliphatic rings. The molecule has 5 saturated heterocycles. The van der Waals surface area contributed by atoms with Gasteiger partial charge in [-0.15, -0.1) is 0 Å². The molecule has 4 saturated carbocycles. The number of hydrogen-bond acceptors (Lipinski definition) is 10. The molecule has 16 nitrogen and oxygen atoms in total. The van der Waals surface area contributed by atoms with Crippen LogP contribution >= 0.6 is 47.0 Å². The van der Waals surface area contributed by atoms with E-state index in [1.54, 1.807) is 0 Å². The molecular weight excluding hydrogens is 1230 g/mol. The zero-order valence-corrected chi connectivity index (χ0v) is 59.0. The second kappa shape index (κ2) is 32.9. The van der Waals surface area contributed by atoms with Gasteiger partial charge in [-0.1, -0.05) is 37.5 Å². The number of hydrogen-bond donors (Lipinski definition) is 6. The summed E-state index contributed by atoms with van der Waals surface area (Å²) < 4.78 is 9.17. The summed E-state index contributed by atoms with van der Waals surface area (Å²) in [5.74, 6) is 11.7. The minimum absolute atomic E-state index is 0. The third kappa shape index (κ3) is 17.5. The summed E-state index contributed by atoms with van der Waals surface area (Å²) in [5.41, 5.74) is 0. The van der Waals surface area contributed by atoms with Crippen LogP contribution in [0, 0.1) is 71.0 Å². The second-order valence-electron chi connectivity index (χ2n) is 26.5. The first-order chi connectivity index (χ1) is 36.2. The number of amidine groups is 4. The average Bonchev–Trinajstić information content (AvgIpc) is 4.18. The Morgan fingerprint density at radius 2 is 0.556 bits per heavy atom. The summed E-state index contributed by atoms with van der Waals surface area (Å²) in [7, 11) is 35.1. The Bertz CT molecular complexity index is 1830. The van der Waals surface area contributed by atoms with Gasteiger partial charge >= 0.3 is 37.7 Å². The quantitative estimate of drug-likeness (QED) is 0.0598. The van der Waals surface area contributed by atoms with E-state index >= 15 is 0 Å². The zero-order chi connectivity index (χ0) is 54.3. The van der Waals surface area contributed by atoms with Crippen LogP contribution in [0.15, 0.2) is 0 Å². The molecule has 81 heavy (non-hydrogen) atoms. The first-order valence-corrected chi connectivity index (χ1v) is 33.5. The van der Waals surface area contributed by atoms with E-state index in [4.69, 9.17) is 10.6 Å². The normalized spacial score (nSPS) is 37.0. The molecule has 8 bridgehead atoms. The van der Waals surface area contributed by atoms with Crippen LogP contribution in [0.4, 0.5) is 0 Å². The van der Waals surface area contributed by atoms with Gasteiger partial charge in [-0.25, -0.2) is 0 Å². The van der Waals surface area contributed by atoms with Crippen molar-refractivity contribution in [2.75, 3.05) is 136 Å². The van der Waals surface area contributed by atoms with Crippen molar-refractivity contribution in [1.29, 1.82) is 0 Å². The van der Waals surface area contributed by atoms with Gasteiger partial charge in [-0.05, 0) is 182 Å². The predicted molar refractivity (Wildman–Crippen MR) is 326 cm³/mol. The summed E-state index contributed by atoms with van der Waals surface area (Å²) in [6.45, 7) is 0. The van der Waals surface area contributed by atoms with E-state index in [2.05, 4.69) is 230 Å². The molecule has 4 aliphatic carbocycles. The van der Waals surface area contributed by atoms with Crippen molar-refractivity contribution in [1.82, 2.24) is 51.5 Å². The van der Waals surface area contributed by atoms with Crippen LogP contribution in [0.3, 0.4) is 0 Å². The summed E-state index contributed by atoms with van der Waals surface area (Å²) >= 11 is 8.21. The van der Waals surface area contributed by atoms with Gasteiger partial charge in [-0.2, -0.15) is 0 Å². The maximum atomic E-state index is 6.00. The molecule has 0 spiro atoms. The molecule has 25 heteroatoms. The number of rotatable bonds is 8. The number of nitrogens with zero attached hydrogens (tertiary/aromatic N) is 10. The van der Waals surface area contributed by atoms with Crippen LogP contribution < -0.4 is 81.5 Å². The van der Waals surface area contributed by atoms with Crippen molar-refractivity contribution in [2.45, 2.75) is 126 Å². The molecule has 473 valence electrons. The van der Waals surface area contributed by atoms with Crippen molar-refractivity contribution < 1.29 is 85.0 Å². The molecule has 0 aromatic carbocycles. The third-order valence-corrected chi connectivity index (χ3v) is 25.7.